The van der Waals surface area contributed by atoms with Gasteiger partial charge in [-0.1, -0.05) is 49.6 Å². The van der Waals surface area contributed by atoms with Crippen LogP contribution in [0.2, 0.25) is 0 Å². The summed E-state index contributed by atoms with van der Waals surface area (Å²) in [7, 11) is 0. The van der Waals surface area contributed by atoms with Crippen molar-refractivity contribution in [2.45, 2.75) is 32.1 Å². The fourth-order valence-electron chi connectivity index (χ4n) is 3.45. The number of hydrogen-bond acceptors (Lipinski definition) is 2. The summed E-state index contributed by atoms with van der Waals surface area (Å²) >= 11 is 0. The molecular weight excluding hydrogens is 304 g/mol. The second-order valence-electron chi connectivity index (χ2n) is 6.48. The summed E-state index contributed by atoms with van der Waals surface area (Å²) in [6, 6.07) is 9.66. The van der Waals surface area contributed by atoms with E-state index in [2.05, 4.69) is 10.3 Å². The third-order valence-electron chi connectivity index (χ3n) is 4.93. The molecule has 2 aromatic rings. The first-order chi connectivity index (χ1) is 11.6. The van der Waals surface area contributed by atoms with Gasteiger partial charge in [-0.2, -0.15) is 0 Å². The van der Waals surface area contributed by atoms with Crippen molar-refractivity contribution < 1.29 is 14.7 Å². The predicted molar refractivity (Wildman–Crippen MR) is 91.7 cm³/mol. The van der Waals surface area contributed by atoms with Crippen LogP contribution in [0.4, 0.5) is 0 Å². The maximum absolute atomic E-state index is 12.6. The van der Waals surface area contributed by atoms with Crippen molar-refractivity contribution in [3.8, 4) is 11.1 Å². The lowest BCUT2D eigenvalue weighted by molar-refractivity contribution is -0.150. The molecule has 126 valence electrons. The van der Waals surface area contributed by atoms with Gasteiger partial charge in [-0.25, -0.2) is 0 Å². The highest BCUT2D eigenvalue weighted by Gasteiger charge is 2.39. The van der Waals surface area contributed by atoms with Crippen LogP contribution in [0.15, 0.2) is 42.7 Å². The lowest BCUT2D eigenvalue weighted by Gasteiger charge is -2.33. The molecule has 3 N–H and O–H groups in total. The van der Waals surface area contributed by atoms with Crippen molar-refractivity contribution in [3.05, 3.63) is 48.3 Å². The summed E-state index contributed by atoms with van der Waals surface area (Å²) in [5.74, 6) is -1.04. The summed E-state index contributed by atoms with van der Waals surface area (Å²) in [4.78, 5) is 27.3. The maximum Gasteiger partial charge on any atom is 0.311 e. The Kier molecular flexibility index (Phi) is 4.69. The summed E-state index contributed by atoms with van der Waals surface area (Å²) in [6.45, 7) is 0.181. The van der Waals surface area contributed by atoms with Gasteiger partial charge in [0.25, 0.3) is 5.91 Å². The Morgan fingerprint density at radius 1 is 1.08 bits per heavy atom. The van der Waals surface area contributed by atoms with Gasteiger partial charge in [0.2, 0.25) is 0 Å². The number of rotatable bonds is 5. The van der Waals surface area contributed by atoms with Crippen molar-refractivity contribution in [2.24, 2.45) is 5.41 Å². The molecule has 0 aliphatic heterocycles. The van der Waals surface area contributed by atoms with Crippen LogP contribution in [-0.4, -0.2) is 28.5 Å². The van der Waals surface area contributed by atoms with Crippen molar-refractivity contribution in [1.29, 1.82) is 0 Å². The molecule has 0 unspecified atom stereocenters. The number of aromatic amines is 1. The number of hydrogen-bond donors (Lipinski definition) is 3. The monoisotopic (exact) mass is 326 g/mol. The molecule has 1 saturated carbocycles. The highest BCUT2D eigenvalue weighted by molar-refractivity contribution is 6.01. The van der Waals surface area contributed by atoms with E-state index in [-0.39, 0.29) is 12.5 Å². The zero-order valence-corrected chi connectivity index (χ0v) is 13.5. The van der Waals surface area contributed by atoms with Gasteiger partial charge in [-0.3, -0.25) is 9.59 Å². The zero-order valence-electron chi connectivity index (χ0n) is 13.5. The molecule has 0 radical (unpaired) electrons. The van der Waals surface area contributed by atoms with E-state index in [0.717, 1.165) is 30.4 Å². The molecular formula is C19H22N2O3. The van der Waals surface area contributed by atoms with Gasteiger partial charge in [0.1, 0.15) is 0 Å². The van der Waals surface area contributed by atoms with Crippen molar-refractivity contribution in [3.63, 3.8) is 0 Å². The molecule has 1 aromatic carbocycles. The van der Waals surface area contributed by atoms with Gasteiger partial charge in [0.15, 0.2) is 0 Å². The summed E-state index contributed by atoms with van der Waals surface area (Å²) in [5, 5.41) is 12.5. The highest BCUT2D eigenvalue weighted by atomic mass is 16.4. The van der Waals surface area contributed by atoms with Crippen molar-refractivity contribution in [2.75, 3.05) is 6.54 Å². The van der Waals surface area contributed by atoms with E-state index in [1.807, 2.05) is 30.3 Å². The van der Waals surface area contributed by atoms with E-state index in [1.165, 1.54) is 0 Å². The van der Waals surface area contributed by atoms with E-state index < -0.39 is 11.4 Å². The number of carboxylic acids is 1. The van der Waals surface area contributed by atoms with Crippen LogP contribution < -0.4 is 5.32 Å². The van der Waals surface area contributed by atoms with Gasteiger partial charge >= 0.3 is 5.97 Å². The van der Waals surface area contributed by atoms with Gasteiger partial charge in [0, 0.05) is 24.5 Å². The first-order valence-electron chi connectivity index (χ1n) is 8.36. The topological polar surface area (TPSA) is 82.2 Å². The van der Waals surface area contributed by atoms with E-state index in [1.54, 1.807) is 12.4 Å². The average molecular weight is 326 g/mol. The number of nitrogens with one attached hydrogen (secondary N) is 2. The van der Waals surface area contributed by atoms with Gasteiger partial charge in [0.05, 0.1) is 11.0 Å². The number of carbonyl (C=O) groups excluding carboxylic acids is 1. The first-order valence-corrected chi connectivity index (χ1v) is 8.36. The molecule has 0 spiro atoms. The van der Waals surface area contributed by atoms with Crippen molar-refractivity contribution in [1.82, 2.24) is 10.3 Å². The molecule has 0 atom stereocenters. The van der Waals surface area contributed by atoms with Gasteiger partial charge < -0.3 is 15.4 Å². The quantitative estimate of drug-likeness (QED) is 0.787. The lowest BCUT2D eigenvalue weighted by Crippen LogP contribution is -2.44. The largest absolute Gasteiger partial charge is 0.481 e. The third-order valence-corrected chi connectivity index (χ3v) is 4.93. The Morgan fingerprint density at radius 3 is 2.46 bits per heavy atom. The highest BCUT2D eigenvalue weighted by Crippen LogP contribution is 2.36. The second-order valence-corrected chi connectivity index (χ2v) is 6.48. The minimum atomic E-state index is -0.822. The molecule has 0 bridgehead atoms. The SMILES string of the molecule is O=C(NCC1(C(=O)O)CCCCC1)c1c[nH]cc1-c1ccccc1. The summed E-state index contributed by atoms with van der Waals surface area (Å²) in [5.41, 5.74) is 1.49. The lowest BCUT2D eigenvalue weighted by atomic mass is 9.74. The third kappa shape index (κ3) is 3.20. The van der Waals surface area contributed by atoms with E-state index in [0.29, 0.717) is 18.4 Å². The fraction of sp³-hybridized carbons (Fsp3) is 0.368. The molecule has 1 aliphatic rings. The van der Waals surface area contributed by atoms with Gasteiger partial charge in [-0.15, -0.1) is 0 Å². The molecule has 1 heterocycles. The molecule has 1 aliphatic carbocycles. The van der Waals surface area contributed by atoms with E-state index in [9.17, 15) is 14.7 Å². The average Bonchev–Trinajstić information content (AvgIpc) is 3.11. The minimum Gasteiger partial charge on any atom is -0.481 e. The Morgan fingerprint density at radius 2 is 1.79 bits per heavy atom. The Labute approximate surface area is 141 Å². The molecule has 5 heteroatoms. The van der Waals surface area contributed by atoms with Crippen LogP contribution in [0.25, 0.3) is 11.1 Å². The minimum absolute atomic E-state index is 0.181. The molecule has 3 rings (SSSR count). The van der Waals surface area contributed by atoms with Crippen LogP contribution in [-0.2, 0) is 4.79 Å². The summed E-state index contributed by atoms with van der Waals surface area (Å²) in [6.07, 6.45) is 7.58. The van der Waals surface area contributed by atoms with E-state index >= 15 is 0 Å². The molecule has 1 aromatic heterocycles. The smallest absolute Gasteiger partial charge is 0.311 e. The predicted octanol–water partition coefficient (Wildman–Crippen LogP) is 3.45. The normalized spacial score (nSPS) is 16.5. The summed E-state index contributed by atoms with van der Waals surface area (Å²) < 4.78 is 0. The van der Waals surface area contributed by atoms with Crippen LogP contribution >= 0.6 is 0 Å². The second kappa shape index (κ2) is 6.91. The first kappa shape index (κ1) is 16.3. The number of aliphatic carboxylic acids is 1. The number of aromatic nitrogens is 1. The number of carbonyl (C=O) groups is 2. The molecule has 1 amide bonds. The molecule has 24 heavy (non-hydrogen) atoms. The Bertz CT molecular complexity index is 715. The number of benzene rings is 1. The van der Waals surface area contributed by atoms with Crippen LogP contribution in [0.5, 0.6) is 0 Å². The Hall–Kier alpha value is -2.56. The van der Waals surface area contributed by atoms with Crippen LogP contribution in [0.3, 0.4) is 0 Å². The van der Waals surface area contributed by atoms with Crippen molar-refractivity contribution >= 4 is 11.9 Å². The number of carboxylic acid groups (broad SMARTS) is 1. The van der Waals surface area contributed by atoms with E-state index in [4.69, 9.17) is 0 Å². The molecule has 1 fully saturated rings. The zero-order chi connectivity index (χ0) is 17.0. The van der Waals surface area contributed by atoms with Crippen LogP contribution in [0.1, 0.15) is 42.5 Å². The standard InChI is InChI=1S/C19H22N2O3/c22-17(21-13-19(18(23)24)9-5-2-6-10-19)16-12-20-11-15(16)14-7-3-1-4-8-14/h1,3-4,7-8,11-12,20H,2,5-6,9-10,13H2,(H,21,22)(H,23,24). The number of amides is 1. The van der Waals surface area contributed by atoms with Gasteiger partial charge in [-0.05, 0) is 18.4 Å². The molecule has 0 saturated heterocycles. The molecule has 5 nitrogen and oxygen atoms in total. The number of H-pyrrole nitrogens is 1. The Balaban J connectivity index is 1.74. The maximum atomic E-state index is 12.6. The van der Waals surface area contributed by atoms with Crippen LogP contribution in [0, 0.1) is 5.41 Å². The fourth-order valence-corrected chi connectivity index (χ4v) is 3.45.